The van der Waals surface area contributed by atoms with Crippen molar-refractivity contribution in [2.75, 3.05) is 6.54 Å². The van der Waals surface area contributed by atoms with Gasteiger partial charge in [0.2, 0.25) is 47.3 Å². The monoisotopic (exact) mass is 807 g/mol. The molecule has 0 aliphatic rings. The maximum atomic E-state index is 13.4. The molecular formula is C35H53N9O13. The number of nitrogens with two attached hydrogens (primary N) is 2. The zero-order chi connectivity index (χ0) is 43.7. The van der Waals surface area contributed by atoms with Crippen LogP contribution >= 0.6 is 0 Å². The molecule has 0 fully saturated rings. The lowest BCUT2D eigenvalue weighted by Gasteiger charge is -2.29. The molecule has 22 heteroatoms. The average molecular weight is 808 g/mol. The topological polar surface area (TPSA) is 368 Å². The molecule has 0 aromatic heterocycles. The summed E-state index contributed by atoms with van der Waals surface area (Å²) in [6.45, 7) is 8.32. The highest BCUT2D eigenvalue weighted by Gasteiger charge is 2.35. The van der Waals surface area contributed by atoms with Gasteiger partial charge < -0.3 is 64.0 Å². The zero-order valence-electron chi connectivity index (χ0n) is 32.4. The lowest BCUT2D eigenvalue weighted by Crippen LogP contribution is -2.61. The number of phenolic OH excluding ortho intramolecular Hbond substituents is 1. The van der Waals surface area contributed by atoms with E-state index in [1.165, 1.54) is 39.8 Å². The fourth-order valence-electron chi connectivity index (χ4n) is 4.95. The number of hydrogen-bond acceptors (Lipinski definition) is 12. The summed E-state index contributed by atoms with van der Waals surface area (Å²) >= 11 is 0. The first-order chi connectivity index (χ1) is 26.4. The van der Waals surface area contributed by atoms with Crippen molar-refractivity contribution < 1.29 is 63.3 Å². The third kappa shape index (κ3) is 17.4. The summed E-state index contributed by atoms with van der Waals surface area (Å²) in [5.41, 5.74) is 11.8. The third-order valence-corrected chi connectivity index (χ3v) is 8.20. The lowest BCUT2D eigenvalue weighted by atomic mass is 9.99. The number of benzene rings is 1. The smallest absolute Gasteiger partial charge is 0.326 e. The second-order valence-corrected chi connectivity index (χ2v) is 13.9. The molecule has 22 nitrogen and oxygen atoms in total. The zero-order valence-corrected chi connectivity index (χ0v) is 32.4. The quantitative estimate of drug-likeness (QED) is 0.0503. The Morgan fingerprint density at radius 3 is 1.58 bits per heavy atom. The van der Waals surface area contributed by atoms with Gasteiger partial charge in [0.1, 0.15) is 42.0 Å². The highest BCUT2D eigenvalue weighted by Crippen LogP contribution is 2.11. The highest BCUT2D eigenvalue weighted by atomic mass is 16.4. The second kappa shape index (κ2) is 22.9. The Labute approximate surface area is 328 Å². The SMILES string of the molecule is CC(C)[C@H](NC(=O)[C@H](C)NC(=O)CNC(=O)[C@H](C)NC(=O)[C@@H](N)Cc1ccc(O)cc1)C(=O)N[C@H](C(=O)N[C@@H](CC(N)=O)C(=O)N[C@@H](CC(=O)O)C(=O)O)C(C)C. The first-order valence-corrected chi connectivity index (χ1v) is 17.8. The average Bonchev–Trinajstić information content (AvgIpc) is 3.10. The van der Waals surface area contributed by atoms with E-state index in [-0.39, 0.29) is 12.2 Å². The lowest BCUT2D eigenvalue weighted by molar-refractivity contribution is -0.147. The van der Waals surface area contributed by atoms with Crippen molar-refractivity contribution in [3.8, 4) is 5.75 Å². The van der Waals surface area contributed by atoms with E-state index in [4.69, 9.17) is 16.6 Å². The van der Waals surface area contributed by atoms with Crippen molar-refractivity contribution in [2.45, 2.75) is 103 Å². The molecule has 0 bridgehead atoms. The van der Waals surface area contributed by atoms with Crippen LogP contribution in [0.5, 0.6) is 5.75 Å². The van der Waals surface area contributed by atoms with E-state index < -0.39 is 133 Å². The van der Waals surface area contributed by atoms with Gasteiger partial charge in [-0.1, -0.05) is 39.8 Å². The summed E-state index contributed by atoms with van der Waals surface area (Å²) in [6.07, 6.45) is -1.68. The van der Waals surface area contributed by atoms with Crippen LogP contribution in [-0.4, -0.2) is 123 Å². The van der Waals surface area contributed by atoms with E-state index in [0.29, 0.717) is 5.56 Å². The number of aliphatic carboxylic acids is 2. The summed E-state index contributed by atoms with van der Waals surface area (Å²) in [5, 5.41) is 43.9. The van der Waals surface area contributed by atoms with Gasteiger partial charge in [-0.2, -0.15) is 0 Å². The number of aromatic hydroxyl groups is 1. The van der Waals surface area contributed by atoms with Crippen LogP contribution in [-0.2, 0) is 54.4 Å². The van der Waals surface area contributed by atoms with E-state index >= 15 is 0 Å². The Bertz CT molecular complexity index is 1650. The van der Waals surface area contributed by atoms with Crippen LogP contribution in [0.25, 0.3) is 0 Å². The Morgan fingerprint density at radius 1 is 0.596 bits per heavy atom. The summed E-state index contributed by atoms with van der Waals surface area (Å²) in [7, 11) is 0. The number of phenols is 1. The molecule has 14 N–H and O–H groups in total. The molecular weight excluding hydrogens is 754 g/mol. The molecule has 1 rings (SSSR count). The van der Waals surface area contributed by atoms with Gasteiger partial charge in [-0.3, -0.25) is 43.2 Å². The predicted molar refractivity (Wildman–Crippen MR) is 199 cm³/mol. The van der Waals surface area contributed by atoms with Gasteiger partial charge in [0.05, 0.1) is 25.4 Å². The Morgan fingerprint density at radius 2 is 1.09 bits per heavy atom. The van der Waals surface area contributed by atoms with Gasteiger partial charge in [0.25, 0.3) is 0 Å². The molecule has 1 aromatic rings. The number of carboxylic acid groups (broad SMARTS) is 2. The highest BCUT2D eigenvalue weighted by molar-refractivity contribution is 5.98. The molecule has 7 atom stereocenters. The minimum Gasteiger partial charge on any atom is -0.508 e. The van der Waals surface area contributed by atoms with Gasteiger partial charge >= 0.3 is 11.9 Å². The number of hydrogen-bond donors (Lipinski definition) is 12. The van der Waals surface area contributed by atoms with Gasteiger partial charge in [-0.25, -0.2) is 4.79 Å². The summed E-state index contributed by atoms with van der Waals surface area (Å²) in [4.78, 5) is 124. The first kappa shape index (κ1) is 48.7. The molecule has 0 aliphatic carbocycles. The van der Waals surface area contributed by atoms with Crippen molar-refractivity contribution >= 4 is 59.2 Å². The molecule has 0 heterocycles. The van der Waals surface area contributed by atoms with Gasteiger partial charge in [0.15, 0.2) is 0 Å². The largest absolute Gasteiger partial charge is 0.508 e. The van der Waals surface area contributed by atoms with Crippen molar-refractivity contribution in [3.63, 3.8) is 0 Å². The first-order valence-electron chi connectivity index (χ1n) is 17.8. The molecule has 8 amide bonds. The van der Waals surface area contributed by atoms with Crippen LogP contribution in [0.1, 0.15) is 59.9 Å². The van der Waals surface area contributed by atoms with Gasteiger partial charge in [0, 0.05) is 0 Å². The van der Waals surface area contributed by atoms with Crippen LogP contribution in [0.15, 0.2) is 24.3 Å². The molecule has 0 unspecified atom stereocenters. The summed E-state index contributed by atoms with van der Waals surface area (Å²) < 4.78 is 0. The van der Waals surface area contributed by atoms with Crippen molar-refractivity contribution in [1.82, 2.24) is 37.2 Å². The second-order valence-electron chi connectivity index (χ2n) is 13.9. The number of carbonyl (C=O) groups is 10. The van der Waals surface area contributed by atoms with Crippen LogP contribution < -0.4 is 48.7 Å². The number of nitrogens with one attached hydrogen (secondary N) is 7. The molecule has 0 saturated carbocycles. The fraction of sp³-hybridized carbons (Fsp3) is 0.543. The maximum Gasteiger partial charge on any atom is 0.326 e. The summed E-state index contributed by atoms with van der Waals surface area (Å²) in [6, 6.07) is -3.56. The van der Waals surface area contributed by atoms with E-state index in [9.17, 15) is 58.2 Å². The molecule has 316 valence electrons. The van der Waals surface area contributed by atoms with Crippen LogP contribution in [0.2, 0.25) is 0 Å². The molecule has 1 aromatic carbocycles. The van der Waals surface area contributed by atoms with E-state index in [0.717, 1.165) is 0 Å². The van der Waals surface area contributed by atoms with Crippen LogP contribution in [0.4, 0.5) is 0 Å². The standard InChI is InChI=1S/C35H53N9O13/c1-15(2)27(33(54)41-22(12-24(37)46)32(53)42-23(35(56)57)13-26(48)49)44-34(55)28(16(3)4)43-30(51)18(6)39-25(47)14-38-29(50)17(5)40-31(52)21(36)11-19-7-9-20(45)10-8-19/h7-10,15-18,21-23,27-28,45H,11-14,36H2,1-6H3,(H2,37,46)(H,38,50)(H,39,47)(H,40,52)(H,41,54)(H,42,53)(H,43,51)(H,44,55)(H,48,49)(H,56,57)/t17-,18-,21-,22-,23-,27-,28-/m0/s1. The van der Waals surface area contributed by atoms with Crippen molar-refractivity contribution in [1.29, 1.82) is 0 Å². The number of primary amides is 1. The minimum atomic E-state index is -1.90. The predicted octanol–water partition coefficient (Wildman–Crippen LogP) is -3.93. The van der Waals surface area contributed by atoms with Crippen LogP contribution in [0.3, 0.4) is 0 Å². The Hall–Kier alpha value is -6.32. The molecule has 57 heavy (non-hydrogen) atoms. The van der Waals surface area contributed by atoms with Gasteiger partial charge in [-0.15, -0.1) is 0 Å². The maximum absolute atomic E-state index is 13.4. The van der Waals surface area contributed by atoms with Gasteiger partial charge in [-0.05, 0) is 49.8 Å². The number of carboxylic acids is 2. The van der Waals surface area contributed by atoms with E-state index in [1.807, 2.05) is 5.32 Å². The molecule has 0 spiro atoms. The summed E-state index contributed by atoms with van der Waals surface area (Å²) in [5.74, 6) is -11.5. The Kier molecular flexibility index (Phi) is 19.6. The normalized spacial score (nSPS) is 14.6. The van der Waals surface area contributed by atoms with E-state index in [1.54, 1.807) is 26.0 Å². The molecule has 0 aliphatic heterocycles. The number of carbonyl (C=O) groups excluding carboxylic acids is 8. The minimum absolute atomic E-state index is 0.0459. The van der Waals surface area contributed by atoms with Crippen LogP contribution in [0, 0.1) is 11.8 Å². The molecule has 0 radical (unpaired) electrons. The van der Waals surface area contributed by atoms with Crippen molar-refractivity contribution in [3.05, 3.63) is 29.8 Å². The number of rotatable bonds is 23. The number of amides is 8. The van der Waals surface area contributed by atoms with E-state index in [2.05, 4.69) is 31.9 Å². The molecule has 0 saturated heterocycles. The fourth-order valence-corrected chi connectivity index (χ4v) is 4.95. The van der Waals surface area contributed by atoms with Crippen molar-refractivity contribution in [2.24, 2.45) is 23.3 Å². The third-order valence-electron chi connectivity index (χ3n) is 8.20. The Balaban J connectivity index is 2.83.